The number of rotatable bonds is 4. The van der Waals surface area contributed by atoms with Gasteiger partial charge < -0.3 is 15.1 Å². The minimum Gasteiger partial charge on any atom is -0.376 e. The molecule has 1 saturated heterocycles. The van der Waals surface area contributed by atoms with Crippen LogP contribution in [0, 0.1) is 6.92 Å². The lowest BCUT2D eigenvalue weighted by Crippen LogP contribution is -2.50. The highest BCUT2D eigenvalue weighted by atomic mass is 35.5. The predicted molar refractivity (Wildman–Crippen MR) is 99.9 cm³/mol. The van der Waals surface area contributed by atoms with E-state index in [4.69, 9.17) is 11.6 Å². The zero-order valence-electron chi connectivity index (χ0n) is 13.8. The predicted octanol–water partition coefficient (Wildman–Crippen LogP) is 3.41. The number of aryl methyl sites for hydroxylation is 1. The molecule has 1 heterocycles. The van der Waals surface area contributed by atoms with E-state index in [0.29, 0.717) is 6.54 Å². The van der Waals surface area contributed by atoms with Gasteiger partial charge in [-0.1, -0.05) is 29.8 Å². The van der Waals surface area contributed by atoms with Gasteiger partial charge in [-0.3, -0.25) is 4.79 Å². The molecule has 3 rings (SSSR count). The number of anilines is 2. The third-order valence-electron chi connectivity index (χ3n) is 4.27. The van der Waals surface area contributed by atoms with Gasteiger partial charge in [0.15, 0.2) is 0 Å². The first kappa shape index (κ1) is 16.7. The number of nitrogens with zero attached hydrogens (tertiary/aromatic N) is 2. The SMILES string of the molecule is Cc1cccc(NCC(=O)N2CCN(c3cccc(Cl)c3)CC2)c1. The van der Waals surface area contributed by atoms with Crippen LogP contribution < -0.4 is 10.2 Å². The highest BCUT2D eigenvalue weighted by Crippen LogP contribution is 2.20. The van der Waals surface area contributed by atoms with E-state index in [0.717, 1.165) is 42.6 Å². The molecule has 1 fully saturated rings. The van der Waals surface area contributed by atoms with E-state index in [9.17, 15) is 4.79 Å². The Labute approximate surface area is 148 Å². The monoisotopic (exact) mass is 343 g/mol. The van der Waals surface area contributed by atoms with Crippen LogP contribution >= 0.6 is 11.6 Å². The maximum absolute atomic E-state index is 12.4. The lowest BCUT2D eigenvalue weighted by atomic mass is 10.2. The third kappa shape index (κ3) is 4.20. The van der Waals surface area contributed by atoms with E-state index in [1.54, 1.807) is 0 Å². The number of hydrogen-bond acceptors (Lipinski definition) is 3. The molecule has 126 valence electrons. The Morgan fingerprint density at radius 3 is 2.54 bits per heavy atom. The van der Waals surface area contributed by atoms with Crippen LogP contribution in [0.5, 0.6) is 0 Å². The fourth-order valence-electron chi connectivity index (χ4n) is 2.93. The Bertz CT molecular complexity index is 711. The summed E-state index contributed by atoms with van der Waals surface area (Å²) in [5, 5.41) is 3.95. The van der Waals surface area contributed by atoms with Gasteiger partial charge in [-0.15, -0.1) is 0 Å². The van der Waals surface area contributed by atoms with Crippen molar-refractivity contribution in [2.45, 2.75) is 6.92 Å². The van der Waals surface area contributed by atoms with Crippen LogP contribution in [0.25, 0.3) is 0 Å². The second-order valence-electron chi connectivity index (χ2n) is 6.07. The van der Waals surface area contributed by atoms with Crippen LogP contribution in [-0.2, 0) is 4.79 Å². The standard InChI is InChI=1S/C19H22ClN3O/c1-15-4-2-6-17(12-15)21-14-19(24)23-10-8-22(9-11-23)18-7-3-5-16(20)13-18/h2-7,12-13,21H,8-11,14H2,1H3. The first-order valence-corrected chi connectivity index (χ1v) is 8.58. The Hall–Kier alpha value is -2.20. The van der Waals surface area contributed by atoms with Gasteiger partial charge in [0.1, 0.15) is 0 Å². The summed E-state index contributed by atoms with van der Waals surface area (Å²) in [6.07, 6.45) is 0. The van der Waals surface area contributed by atoms with Crippen molar-refractivity contribution in [2.75, 3.05) is 42.9 Å². The summed E-state index contributed by atoms with van der Waals surface area (Å²) in [7, 11) is 0. The molecule has 2 aromatic rings. The summed E-state index contributed by atoms with van der Waals surface area (Å²) < 4.78 is 0. The van der Waals surface area contributed by atoms with Gasteiger partial charge in [-0.05, 0) is 42.8 Å². The van der Waals surface area contributed by atoms with Crippen molar-refractivity contribution >= 4 is 28.9 Å². The van der Waals surface area contributed by atoms with E-state index in [-0.39, 0.29) is 5.91 Å². The minimum absolute atomic E-state index is 0.141. The normalized spacial score (nSPS) is 14.6. The zero-order chi connectivity index (χ0) is 16.9. The second kappa shape index (κ2) is 7.58. The largest absolute Gasteiger partial charge is 0.376 e. The van der Waals surface area contributed by atoms with Gasteiger partial charge in [0.05, 0.1) is 6.54 Å². The molecule has 5 heteroatoms. The molecule has 1 aliphatic heterocycles. The molecular weight excluding hydrogens is 322 g/mol. The van der Waals surface area contributed by atoms with Crippen molar-refractivity contribution in [3.63, 3.8) is 0 Å². The summed E-state index contributed by atoms with van der Waals surface area (Å²) in [5.74, 6) is 0.141. The number of hydrogen-bond donors (Lipinski definition) is 1. The molecule has 1 N–H and O–H groups in total. The lowest BCUT2D eigenvalue weighted by Gasteiger charge is -2.36. The number of nitrogens with one attached hydrogen (secondary N) is 1. The highest BCUT2D eigenvalue weighted by Gasteiger charge is 2.21. The van der Waals surface area contributed by atoms with E-state index in [1.165, 1.54) is 5.56 Å². The van der Waals surface area contributed by atoms with Crippen molar-refractivity contribution in [1.29, 1.82) is 0 Å². The molecule has 0 radical (unpaired) electrons. The number of carbonyl (C=O) groups excluding carboxylic acids is 1. The Kier molecular flexibility index (Phi) is 5.26. The average molecular weight is 344 g/mol. The molecule has 0 spiro atoms. The number of piperazine rings is 1. The molecule has 1 amide bonds. The lowest BCUT2D eigenvalue weighted by molar-refractivity contribution is -0.129. The first-order valence-electron chi connectivity index (χ1n) is 8.21. The first-order chi connectivity index (χ1) is 11.6. The molecule has 0 saturated carbocycles. The van der Waals surface area contributed by atoms with Gasteiger partial charge >= 0.3 is 0 Å². The highest BCUT2D eigenvalue weighted by molar-refractivity contribution is 6.30. The van der Waals surface area contributed by atoms with Crippen molar-refractivity contribution < 1.29 is 4.79 Å². The van der Waals surface area contributed by atoms with Crippen LogP contribution in [0.15, 0.2) is 48.5 Å². The fraction of sp³-hybridized carbons (Fsp3) is 0.316. The van der Waals surface area contributed by atoms with Gasteiger partial charge in [0.25, 0.3) is 0 Å². The Morgan fingerprint density at radius 1 is 1.08 bits per heavy atom. The molecular formula is C19H22ClN3O. The number of halogens is 1. The van der Waals surface area contributed by atoms with Crippen LogP contribution in [-0.4, -0.2) is 43.5 Å². The number of amides is 1. The van der Waals surface area contributed by atoms with E-state index < -0.39 is 0 Å². The summed E-state index contributed by atoms with van der Waals surface area (Å²) in [5.41, 5.74) is 3.29. The summed E-state index contributed by atoms with van der Waals surface area (Å²) in [6.45, 7) is 5.51. The zero-order valence-corrected chi connectivity index (χ0v) is 14.6. The quantitative estimate of drug-likeness (QED) is 0.924. The second-order valence-corrected chi connectivity index (χ2v) is 6.51. The molecule has 0 bridgehead atoms. The van der Waals surface area contributed by atoms with Gasteiger partial charge in [-0.2, -0.15) is 0 Å². The van der Waals surface area contributed by atoms with Gasteiger partial charge in [0.2, 0.25) is 5.91 Å². The van der Waals surface area contributed by atoms with E-state index in [1.807, 2.05) is 54.3 Å². The maximum Gasteiger partial charge on any atom is 0.241 e. The fourth-order valence-corrected chi connectivity index (χ4v) is 3.12. The van der Waals surface area contributed by atoms with Crippen molar-refractivity contribution in [2.24, 2.45) is 0 Å². The molecule has 2 aromatic carbocycles. The minimum atomic E-state index is 0.141. The Morgan fingerprint density at radius 2 is 1.83 bits per heavy atom. The van der Waals surface area contributed by atoms with E-state index in [2.05, 4.69) is 16.3 Å². The molecule has 24 heavy (non-hydrogen) atoms. The smallest absolute Gasteiger partial charge is 0.241 e. The van der Waals surface area contributed by atoms with Crippen LogP contribution in [0.4, 0.5) is 11.4 Å². The van der Waals surface area contributed by atoms with Crippen molar-refractivity contribution in [1.82, 2.24) is 4.90 Å². The maximum atomic E-state index is 12.4. The number of benzene rings is 2. The number of carbonyl (C=O) groups is 1. The van der Waals surface area contributed by atoms with Crippen LogP contribution in [0.1, 0.15) is 5.56 Å². The van der Waals surface area contributed by atoms with E-state index >= 15 is 0 Å². The van der Waals surface area contributed by atoms with Gasteiger partial charge in [0, 0.05) is 42.6 Å². The summed E-state index contributed by atoms with van der Waals surface area (Å²) >= 11 is 6.05. The molecule has 1 aliphatic rings. The van der Waals surface area contributed by atoms with Crippen LogP contribution in [0.2, 0.25) is 5.02 Å². The topological polar surface area (TPSA) is 35.6 Å². The van der Waals surface area contributed by atoms with Crippen molar-refractivity contribution in [3.8, 4) is 0 Å². The molecule has 0 unspecified atom stereocenters. The van der Waals surface area contributed by atoms with Gasteiger partial charge in [-0.25, -0.2) is 0 Å². The summed E-state index contributed by atoms with van der Waals surface area (Å²) in [6, 6.07) is 15.9. The summed E-state index contributed by atoms with van der Waals surface area (Å²) in [4.78, 5) is 16.6. The molecule has 0 aliphatic carbocycles. The average Bonchev–Trinajstić information content (AvgIpc) is 2.60. The van der Waals surface area contributed by atoms with Crippen LogP contribution in [0.3, 0.4) is 0 Å². The third-order valence-corrected chi connectivity index (χ3v) is 4.50. The molecule has 4 nitrogen and oxygen atoms in total. The molecule has 0 atom stereocenters. The Balaban J connectivity index is 1.50. The molecule has 0 aromatic heterocycles. The van der Waals surface area contributed by atoms with Crippen molar-refractivity contribution in [3.05, 3.63) is 59.1 Å².